The first-order chi connectivity index (χ1) is 10.2. The molecule has 1 heterocycles. The van der Waals surface area contributed by atoms with Gasteiger partial charge in [0.15, 0.2) is 5.13 Å². The molecule has 0 spiro atoms. The van der Waals surface area contributed by atoms with Crippen molar-refractivity contribution in [1.82, 2.24) is 10.3 Å². The second-order valence-electron chi connectivity index (χ2n) is 5.92. The van der Waals surface area contributed by atoms with Crippen LogP contribution in [0.3, 0.4) is 0 Å². The summed E-state index contributed by atoms with van der Waals surface area (Å²) in [7, 11) is 0. The monoisotopic (exact) mass is 323 g/mol. The quantitative estimate of drug-likeness (QED) is 0.844. The minimum Gasteiger partial charge on any atom is -0.492 e. The number of carbonyl (C=O) groups excluding carboxylic acids is 1. The molecule has 0 unspecified atom stereocenters. The van der Waals surface area contributed by atoms with Gasteiger partial charge >= 0.3 is 6.09 Å². The van der Waals surface area contributed by atoms with Crippen molar-refractivity contribution in [3.05, 3.63) is 17.7 Å². The van der Waals surface area contributed by atoms with Gasteiger partial charge in [-0.2, -0.15) is 0 Å². The molecule has 7 heteroatoms. The number of aromatic nitrogens is 1. The molecule has 0 aliphatic carbocycles. The minimum atomic E-state index is -0.501. The Labute approximate surface area is 133 Å². The number of aryl methyl sites for hydroxylation is 1. The van der Waals surface area contributed by atoms with E-state index in [0.717, 1.165) is 21.5 Å². The van der Waals surface area contributed by atoms with E-state index in [1.807, 2.05) is 39.8 Å². The zero-order valence-electron chi connectivity index (χ0n) is 13.2. The predicted octanol–water partition coefficient (Wildman–Crippen LogP) is 3.09. The van der Waals surface area contributed by atoms with Crippen LogP contribution in [0.4, 0.5) is 9.93 Å². The van der Waals surface area contributed by atoms with Gasteiger partial charge in [0.2, 0.25) is 0 Å². The molecular weight excluding hydrogens is 302 g/mol. The normalized spacial score (nSPS) is 11.5. The number of nitrogens with one attached hydrogen (secondary N) is 1. The summed E-state index contributed by atoms with van der Waals surface area (Å²) in [6.45, 7) is 8.16. The molecule has 0 saturated heterocycles. The first-order valence-electron chi connectivity index (χ1n) is 7.01. The van der Waals surface area contributed by atoms with Crippen LogP contribution in [0.2, 0.25) is 0 Å². The Bertz CT molecular complexity index is 676. The molecule has 120 valence electrons. The van der Waals surface area contributed by atoms with E-state index in [-0.39, 0.29) is 0 Å². The van der Waals surface area contributed by atoms with Crippen LogP contribution in [0.15, 0.2) is 12.1 Å². The van der Waals surface area contributed by atoms with Gasteiger partial charge in [-0.3, -0.25) is 0 Å². The fraction of sp³-hybridized carbons (Fsp3) is 0.467. The number of hydrogen-bond acceptors (Lipinski definition) is 6. The number of alkyl carbamates (subject to hydrolysis) is 1. The molecule has 0 radical (unpaired) electrons. The van der Waals surface area contributed by atoms with E-state index in [0.29, 0.717) is 18.3 Å². The van der Waals surface area contributed by atoms with Crippen molar-refractivity contribution >= 4 is 32.8 Å². The number of nitrogens with two attached hydrogens (primary N) is 1. The van der Waals surface area contributed by atoms with Crippen LogP contribution in [0, 0.1) is 6.92 Å². The van der Waals surface area contributed by atoms with Gasteiger partial charge in [0, 0.05) is 0 Å². The number of nitrogens with zero attached hydrogens (tertiary/aromatic N) is 1. The molecule has 2 rings (SSSR count). The second-order valence-corrected chi connectivity index (χ2v) is 6.98. The zero-order chi connectivity index (χ0) is 16.3. The van der Waals surface area contributed by atoms with Crippen molar-refractivity contribution < 1.29 is 14.3 Å². The van der Waals surface area contributed by atoms with Gasteiger partial charge in [-0.1, -0.05) is 11.3 Å². The summed E-state index contributed by atoms with van der Waals surface area (Å²) in [5.41, 5.74) is 7.14. The molecule has 0 saturated carbocycles. The molecule has 0 aliphatic rings. The Morgan fingerprint density at radius 1 is 1.41 bits per heavy atom. The number of rotatable bonds is 4. The highest BCUT2D eigenvalue weighted by atomic mass is 32.1. The van der Waals surface area contributed by atoms with Crippen LogP contribution in [-0.2, 0) is 4.74 Å². The second kappa shape index (κ2) is 6.39. The molecular formula is C15H21N3O3S. The van der Waals surface area contributed by atoms with Crippen molar-refractivity contribution in [3.63, 3.8) is 0 Å². The van der Waals surface area contributed by atoms with Crippen LogP contribution in [0.25, 0.3) is 10.2 Å². The lowest BCUT2D eigenvalue weighted by atomic mass is 10.2. The van der Waals surface area contributed by atoms with E-state index in [1.54, 1.807) is 0 Å². The fourth-order valence-corrected chi connectivity index (χ4v) is 2.74. The molecule has 0 aliphatic heterocycles. The highest BCUT2D eigenvalue weighted by Gasteiger charge is 2.15. The first kappa shape index (κ1) is 16.4. The minimum absolute atomic E-state index is 0.360. The van der Waals surface area contributed by atoms with Gasteiger partial charge in [-0.15, -0.1) is 0 Å². The molecule has 0 bridgehead atoms. The Hall–Kier alpha value is -2.02. The summed E-state index contributed by atoms with van der Waals surface area (Å²) >= 11 is 1.43. The maximum Gasteiger partial charge on any atom is 0.407 e. The number of carbonyl (C=O) groups is 1. The van der Waals surface area contributed by atoms with E-state index in [4.69, 9.17) is 15.2 Å². The summed E-state index contributed by atoms with van der Waals surface area (Å²) < 4.78 is 11.8. The van der Waals surface area contributed by atoms with Crippen LogP contribution < -0.4 is 15.8 Å². The molecule has 2 aromatic rings. The summed E-state index contributed by atoms with van der Waals surface area (Å²) in [6.07, 6.45) is -0.446. The van der Waals surface area contributed by atoms with E-state index >= 15 is 0 Å². The Balaban J connectivity index is 1.86. The average Bonchev–Trinajstić information content (AvgIpc) is 2.74. The molecule has 0 fully saturated rings. The lowest BCUT2D eigenvalue weighted by molar-refractivity contribution is 0.0520. The maximum atomic E-state index is 11.5. The average molecular weight is 323 g/mol. The van der Waals surface area contributed by atoms with Crippen LogP contribution in [0.1, 0.15) is 26.3 Å². The van der Waals surface area contributed by atoms with Gasteiger partial charge in [-0.25, -0.2) is 9.78 Å². The topological polar surface area (TPSA) is 86.5 Å². The first-order valence-corrected chi connectivity index (χ1v) is 7.82. The summed E-state index contributed by atoms with van der Waals surface area (Å²) in [4.78, 5) is 15.8. The number of hydrogen-bond donors (Lipinski definition) is 2. The SMILES string of the molecule is Cc1cc(OCCNC(=O)OC(C)(C)C)cc2sc(N)nc12. The van der Waals surface area contributed by atoms with Crippen molar-refractivity contribution in [1.29, 1.82) is 0 Å². The van der Waals surface area contributed by atoms with Gasteiger partial charge < -0.3 is 20.5 Å². The van der Waals surface area contributed by atoms with E-state index < -0.39 is 11.7 Å². The fourth-order valence-electron chi connectivity index (χ4n) is 1.90. The lowest BCUT2D eigenvalue weighted by Crippen LogP contribution is -2.34. The Morgan fingerprint density at radius 3 is 2.82 bits per heavy atom. The number of fused-ring (bicyclic) bond motifs is 1. The highest BCUT2D eigenvalue weighted by molar-refractivity contribution is 7.22. The molecule has 3 N–H and O–H groups in total. The third kappa shape index (κ3) is 4.49. The number of anilines is 1. The number of nitrogen functional groups attached to an aromatic ring is 1. The zero-order valence-corrected chi connectivity index (χ0v) is 14.0. The largest absolute Gasteiger partial charge is 0.492 e. The van der Waals surface area contributed by atoms with Crippen molar-refractivity contribution in [2.45, 2.75) is 33.3 Å². The van der Waals surface area contributed by atoms with Gasteiger partial charge in [-0.05, 0) is 45.4 Å². The predicted molar refractivity (Wildman–Crippen MR) is 88.5 cm³/mol. The number of ether oxygens (including phenoxy) is 2. The number of thiazole rings is 1. The Kier molecular flexibility index (Phi) is 4.75. The van der Waals surface area contributed by atoms with Crippen LogP contribution >= 0.6 is 11.3 Å². The molecule has 22 heavy (non-hydrogen) atoms. The number of amides is 1. The maximum absolute atomic E-state index is 11.5. The van der Waals surface area contributed by atoms with Crippen molar-refractivity contribution in [2.24, 2.45) is 0 Å². The van der Waals surface area contributed by atoms with Gasteiger partial charge in [0.1, 0.15) is 18.0 Å². The molecule has 1 amide bonds. The van der Waals surface area contributed by atoms with Crippen LogP contribution in [-0.4, -0.2) is 29.8 Å². The third-order valence-electron chi connectivity index (χ3n) is 2.71. The van der Waals surface area contributed by atoms with Gasteiger partial charge in [0.25, 0.3) is 0 Å². The Morgan fingerprint density at radius 2 is 2.14 bits per heavy atom. The highest BCUT2D eigenvalue weighted by Crippen LogP contribution is 2.30. The molecule has 0 atom stereocenters. The van der Waals surface area contributed by atoms with Crippen molar-refractivity contribution in [3.8, 4) is 5.75 Å². The van der Waals surface area contributed by atoms with E-state index in [2.05, 4.69) is 10.3 Å². The lowest BCUT2D eigenvalue weighted by Gasteiger charge is -2.19. The standard InChI is InChI=1S/C15H21N3O3S/c1-9-7-10(8-11-12(9)18-13(16)22-11)20-6-5-17-14(19)21-15(2,3)4/h7-8H,5-6H2,1-4H3,(H2,16,18)(H,17,19). The van der Waals surface area contributed by atoms with E-state index in [9.17, 15) is 4.79 Å². The number of benzene rings is 1. The third-order valence-corrected chi connectivity index (χ3v) is 3.55. The molecule has 6 nitrogen and oxygen atoms in total. The van der Waals surface area contributed by atoms with Gasteiger partial charge in [0.05, 0.1) is 16.8 Å². The summed E-state index contributed by atoms with van der Waals surface area (Å²) in [5, 5.41) is 3.19. The van der Waals surface area contributed by atoms with E-state index in [1.165, 1.54) is 11.3 Å². The summed E-state index contributed by atoms with van der Waals surface area (Å²) in [5.74, 6) is 0.736. The summed E-state index contributed by atoms with van der Waals surface area (Å²) in [6, 6.07) is 3.82. The molecule has 1 aromatic heterocycles. The van der Waals surface area contributed by atoms with Crippen LogP contribution in [0.5, 0.6) is 5.75 Å². The molecule has 1 aromatic carbocycles. The smallest absolute Gasteiger partial charge is 0.407 e. The van der Waals surface area contributed by atoms with Crippen molar-refractivity contribution in [2.75, 3.05) is 18.9 Å².